The van der Waals surface area contributed by atoms with Crippen molar-refractivity contribution in [3.8, 4) is 11.3 Å². The van der Waals surface area contributed by atoms with Gasteiger partial charge in [-0.1, -0.05) is 12.1 Å². The Kier molecular flexibility index (Phi) is 5.18. The third-order valence-electron chi connectivity index (χ3n) is 6.34. The van der Waals surface area contributed by atoms with Crippen LogP contribution in [0.25, 0.3) is 11.3 Å². The number of hydrogen-bond acceptors (Lipinski definition) is 6. The van der Waals surface area contributed by atoms with Crippen LogP contribution in [0.5, 0.6) is 0 Å². The average Bonchev–Trinajstić information content (AvgIpc) is 3.35. The molecule has 2 aromatic heterocycles. The van der Waals surface area contributed by atoms with Crippen molar-refractivity contribution >= 4 is 5.82 Å². The van der Waals surface area contributed by atoms with Gasteiger partial charge in [0.1, 0.15) is 11.6 Å². The molecule has 0 bridgehead atoms. The SMILES string of the molecule is O[C@@H]1C[C@H]2CN(Cc3cn[nH]c3-c3cccc(F)c3)C[C@H]2C[C@H]1Nc1cnccn1. The lowest BCUT2D eigenvalue weighted by Gasteiger charge is -2.35. The number of anilines is 1. The van der Waals surface area contributed by atoms with Gasteiger partial charge in [0.2, 0.25) is 0 Å². The Morgan fingerprint density at radius 2 is 2.03 bits per heavy atom. The van der Waals surface area contributed by atoms with Gasteiger partial charge in [-0.05, 0) is 36.8 Å². The van der Waals surface area contributed by atoms with E-state index in [1.807, 2.05) is 12.3 Å². The molecule has 1 aromatic carbocycles. The minimum absolute atomic E-state index is 0.0142. The summed E-state index contributed by atoms with van der Waals surface area (Å²) in [6.07, 6.45) is 8.09. The first kappa shape index (κ1) is 19.1. The van der Waals surface area contributed by atoms with Crippen LogP contribution in [0, 0.1) is 17.7 Å². The van der Waals surface area contributed by atoms with E-state index in [0.717, 1.165) is 49.3 Å². The van der Waals surface area contributed by atoms with E-state index in [-0.39, 0.29) is 11.9 Å². The summed E-state index contributed by atoms with van der Waals surface area (Å²) < 4.78 is 13.6. The van der Waals surface area contributed by atoms with Crippen molar-refractivity contribution < 1.29 is 9.50 Å². The molecular weight excluding hydrogens is 383 g/mol. The van der Waals surface area contributed by atoms with Gasteiger partial charge in [0, 0.05) is 43.2 Å². The maximum atomic E-state index is 13.6. The first-order chi connectivity index (χ1) is 14.7. The van der Waals surface area contributed by atoms with Crippen molar-refractivity contribution in [2.24, 2.45) is 11.8 Å². The molecule has 156 valence electrons. The summed E-state index contributed by atoms with van der Waals surface area (Å²) in [5.74, 6) is 1.44. The molecule has 7 nitrogen and oxygen atoms in total. The number of nitrogens with one attached hydrogen (secondary N) is 2. The zero-order valence-electron chi connectivity index (χ0n) is 16.6. The Labute approximate surface area is 174 Å². The summed E-state index contributed by atoms with van der Waals surface area (Å²) in [5, 5.41) is 21.2. The molecule has 4 atom stereocenters. The highest BCUT2D eigenvalue weighted by Gasteiger charge is 2.41. The number of nitrogens with zero attached hydrogens (tertiary/aromatic N) is 4. The molecule has 3 aromatic rings. The highest BCUT2D eigenvalue weighted by molar-refractivity contribution is 5.62. The zero-order chi connectivity index (χ0) is 20.5. The normalized spacial score (nSPS) is 26.5. The maximum Gasteiger partial charge on any atom is 0.144 e. The van der Waals surface area contributed by atoms with Gasteiger partial charge in [-0.2, -0.15) is 5.10 Å². The van der Waals surface area contributed by atoms with E-state index < -0.39 is 6.10 Å². The lowest BCUT2D eigenvalue weighted by molar-refractivity contribution is 0.0735. The average molecular weight is 408 g/mol. The topological polar surface area (TPSA) is 90.0 Å². The number of H-pyrrole nitrogens is 1. The first-order valence-electron chi connectivity index (χ1n) is 10.4. The number of halogens is 1. The standard InChI is InChI=1S/C22H25FN6O/c23-18-3-1-2-14(6-18)22-17(9-26-28-22)13-29-11-15-7-19(20(30)8-16(15)12-29)27-21-10-24-4-5-25-21/h1-6,9-10,15-16,19-20,30H,7-8,11-13H2,(H,25,27)(H,26,28)/t15-,16+,19-,20-/m1/s1. The van der Waals surface area contributed by atoms with Crippen LogP contribution in [0.1, 0.15) is 18.4 Å². The van der Waals surface area contributed by atoms with Crippen LogP contribution < -0.4 is 5.32 Å². The van der Waals surface area contributed by atoms with Crippen molar-refractivity contribution in [3.05, 3.63) is 60.4 Å². The van der Waals surface area contributed by atoms with Crippen molar-refractivity contribution in [1.82, 2.24) is 25.1 Å². The number of hydrogen-bond donors (Lipinski definition) is 3. The van der Waals surface area contributed by atoms with Gasteiger partial charge in [0.15, 0.2) is 0 Å². The molecule has 3 N–H and O–H groups in total. The molecule has 1 aliphatic carbocycles. The Hall–Kier alpha value is -2.84. The predicted molar refractivity (Wildman–Crippen MR) is 111 cm³/mol. The molecule has 30 heavy (non-hydrogen) atoms. The molecule has 0 amide bonds. The van der Waals surface area contributed by atoms with Gasteiger partial charge in [-0.25, -0.2) is 9.37 Å². The van der Waals surface area contributed by atoms with E-state index in [4.69, 9.17) is 0 Å². The number of fused-ring (bicyclic) bond motifs is 1. The quantitative estimate of drug-likeness (QED) is 0.602. The molecule has 0 unspecified atom stereocenters. The van der Waals surface area contributed by atoms with Gasteiger partial charge in [-0.15, -0.1) is 0 Å². The van der Waals surface area contributed by atoms with E-state index in [1.165, 1.54) is 12.1 Å². The molecule has 1 saturated carbocycles. The lowest BCUT2D eigenvalue weighted by atomic mass is 9.77. The second kappa shape index (κ2) is 8.12. The second-order valence-corrected chi connectivity index (χ2v) is 8.38. The molecule has 8 heteroatoms. The summed E-state index contributed by atoms with van der Waals surface area (Å²) in [6, 6.07) is 6.56. The molecule has 5 rings (SSSR count). The van der Waals surface area contributed by atoms with Crippen LogP contribution in [0.2, 0.25) is 0 Å². The fourth-order valence-electron chi connectivity index (χ4n) is 4.94. The van der Waals surface area contributed by atoms with Crippen LogP contribution in [-0.4, -0.2) is 55.4 Å². The molecule has 0 radical (unpaired) electrons. The Morgan fingerprint density at radius 1 is 1.17 bits per heavy atom. The van der Waals surface area contributed by atoms with E-state index >= 15 is 0 Å². The fraction of sp³-hybridized carbons (Fsp3) is 0.409. The Bertz CT molecular complexity index is 996. The van der Waals surface area contributed by atoms with E-state index in [0.29, 0.717) is 17.7 Å². The molecule has 0 spiro atoms. The van der Waals surface area contributed by atoms with Crippen LogP contribution >= 0.6 is 0 Å². The van der Waals surface area contributed by atoms with Crippen LogP contribution in [0.15, 0.2) is 49.1 Å². The number of aliphatic hydroxyl groups excluding tert-OH is 1. The van der Waals surface area contributed by atoms with Crippen molar-refractivity contribution in [1.29, 1.82) is 0 Å². The summed E-state index contributed by atoms with van der Waals surface area (Å²) in [4.78, 5) is 10.8. The number of likely N-dealkylation sites (tertiary alicyclic amines) is 1. The van der Waals surface area contributed by atoms with Crippen LogP contribution in [0.4, 0.5) is 10.2 Å². The summed E-state index contributed by atoms with van der Waals surface area (Å²) in [5.41, 5.74) is 2.74. The number of rotatable bonds is 5. The van der Waals surface area contributed by atoms with Gasteiger partial charge < -0.3 is 10.4 Å². The first-order valence-corrected chi connectivity index (χ1v) is 10.4. The largest absolute Gasteiger partial charge is 0.391 e. The summed E-state index contributed by atoms with van der Waals surface area (Å²) in [7, 11) is 0. The van der Waals surface area contributed by atoms with E-state index in [9.17, 15) is 9.50 Å². The number of aromatic nitrogens is 4. The second-order valence-electron chi connectivity index (χ2n) is 8.38. The number of benzene rings is 1. The van der Waals surface area contributed by atoms with Crippen molar-refractivity contribution in [2.75, 3.05) is 18.4 Å². The monoisotopic (exact) mass is 408 g/mol. The molecule has 2 fully saturated rings. The van der Waals surface area contributed by atoms with Crippen molar-refractivity contribution in [2.45, 2.75) is 31.5 Å². The Morgan fingerprint density at radius 3 is 2.83 bits per heavy atom. The smallest absolute Gasteiger partial charge is 0.144 e. The van der Waals surface area contributed by atoms with Gasteiger partial charge >= 0.3 is 0 Å². The number of aliphatic hydroxyl groups is 1. The molecule has 1 aliphatic heterocycles. The van der Waals surface area contributed by atoms with Gasteiger partial charge in [-0.3, -0.25) is 15.0 Å². The lowest BCUT2D eigenvalue weighted by Crippen LogP contribution is -2.43. The minimum Gasteiger partial charge on any atom is -0.391 e. The van der Waals surface area contributed by atoms with Gasteiger partial charge in [0.05, 0.1) is 30.2 Å². The molecule has 1 saturated heterocycles. The predicted octanol–water partition coefficient (Wildman–Crippen LogP) is 2.69. The highest BCUT2D eigenvalue weighted by atomic mass is 19.1. The summed E-state index contributed by atoms with van der Waals surface area (Å²) >= 11 is 0. The van der Waals surface area contributed by atoms with E-state index in [1.54, 1.807) is 24.7 Å². The van der Waals surface area contributed by atoms with Crippen molar-refractivity contribution in [3.63, 3.8) is 0 Å². The number of aromatic amines is 1. The van der Waals surface area contributed by atoms with Gasteiger partial charge in [0.25, 0.3) is 0 Å². The fourth-order valence-corrected chi connectivity index (χ4v) is 4.94. The highest BCUT2D eigenvalue weighted by Crippen LogP contribution is 2.38. The summed E-state index contributed by atoms with van der Waals surface area (Å²) in [6.45, 7) is 2.69. The Balaban J connectivity index is 1.25. The third-order valence-corrected chi connectivity index (χ3v) is 6.34. The van der Waals surface area contributed by atoms with Crippen LogP contribution in [-0.2, 0) is 6.54 Å². The molecular formula is C22H25FN6O. The molecule has 2 aliphatic rings. The zero-order valence-corrected chi connectivity index (χ0v) is 16.6. The third kappa shape index (κ3) is 3.93. The minimum atomic E-state index is -0.398. The van der Waals surface area contributed by atoms with Crippen LogP contribution in [0.3, 0.4) is 0 Å². The molecule has 3 heterocycles. The maximum absolute atomic E-state index is 13.6. The van der Waals surface area contributed by atoms with E-state index in [2.05, 4.69) is 30.4 Å².